The van der Waals surface area contributed by atoms with Gasteiger partial charge in [-0.25, -0.2) is 0 Å². The zero-order chi connectivity index (χ0) is 41.2. The lowest BCUT2D eigenvalue weighted by molar-refractivity contribution is 0.128. The number of hydrogen-bond acceptors (Lipinski definition) is 4. The van der Waals surface area contributed by atoms with Crippen LogP contribution in [0.1, 0.15) is 95.8 Å². The topological polar surface area (TPSA) is 41.7 Å². The highest BCUT2D eigenvalue weighted by Crippen LogP contribution is 2.39. The first-order valence-corrected chi connectivity index (χ1v) is 22.4. The fourth-order valence-electron chi connectivity index (χ4n) is 8.21. The summed E-state index contributed by atoms with van der Waals surface area (Å²) in [6.45, 7) is 10.9. The Labute approximate surface area is 356 Å². The Morgan fingerprint density at radius 1 is 0.441 bits per heavy atom. The molecule has 2 atom stereocenters. The van der Waals surface area contributed by atoms with E-state index >= 15 is 0 Å². The summed E-state index contributed by atoms with van der Waals surface area (Å²) < 4.78 is 5.68. The van der Waals surface area contributed by atoms with Gasteiger partial charge in [0.2, 0.25) is 0 Å². The monoisotopic (exact) mass is 786 g/mol. The molecule has 0 aliphatic rings. The summed E-state index contributed by atoms with van der Waals surface area (Å²) in [5.41, 5.74) is 18.8. The molecule has 0 bridgehead atoms. The molecular weight excluding hydrogens is 719 g/mol. The number of nitrogens with zero attached hydrogens (tertiary/aromatic N) is 2. The summed E-state index contributed by atoms with van der Waals surface area (Å²) in [7, 11) is 0. The van der Waals surface area contributed by atoms with Gasteiger partial charge in [-0.3, -0.25) is 0 Å². The van der Waals surface area contributed by atoms with E-state index in [4.69, 9.17) is 10.5 Å². The molecule has 0 aliphatic carbocycles. The van der Waals surface area contributed by atoms with Crippen molar-refractivity contribution in [1.29, 1.82) is 0 Å². The highest BCUT2D eigenvalue weighted by Gasteiger charge is 2.17. The van der Waals surface area contributed by atoms with E-state index in [9.17, 15) is 0 Å². The largest absolute Gasteiger partial charge is 0.375 e. The molecule has 59 heavy (non-hydrogen) atoms. The second kappa shape index (κ2) is 22.8. The minimum atomic E-state index is 0.527. The summed E-state index contributed by atoms with van der Waals surface area (Å²) in [5.74, 6) is 1.49. The fourth-order valence-corrected chi connectivity index (χ4v) is 8.21. The third-order valence-corrected chi connectivity index (χ3v) is 11.8. The van der Waals surface area contributed by atoms with E-state index in [-0.39, 0.29) is 0 Å². The van der Waals surface area contributed by atoms with Crippen LogP contribution >= 0.6 is 0 Å². The van der Waals surface area contributed by atoms with E-state index < -0.39 is 0 Å². The molecule has 6 aromatic carbocycles. The zero-order valence-corrected chi connectivity index (χ0v) is 36.2. The first kappa shape index (κ1) is 43.4. The quantitative estimate of drug-likeness (QED) is 0.0657. The average molecular weight is 786 g/mol. The lowest BCUT2D eigenvalue weighted by Gasteiger charge is -2.27. The molecule has 2 unspecified atom stereocenters. The van der Waals surface area contributed by atoms with Crippen LogP contribution in [-0.2, 0) is 24.2 Å². The van der Waals surface area contributed by atoms with Crippen LogP contribution in [-0.4, -0.2) is 13.2 Å². The molecule has 2 N–H and O–H groups in total. The van der Waals surface area contributed by atoms with Crippen LogP contribution in [0, 0.1) is 11.8 Å². The van der Waals surface area contributed by atoms with Gasteiger partial charge in [-0.1, -0.05) is 158 Å². The molecular formula is C55H67N3O. The van der Waals surface area contributed by atoms with Crippen LogP contribution in [0.25, 0.3) is 11.1 Å². The van der Waals surface area contributed by atoms with Crippen LogP contribution in [0.5, 0.6) is 0 Å². The smallest absolute Gasteiger partial charge is 0.0717 e. The van der Waals surface area contributed by atoms with Crippen LogP contribution in [0.2, 0.25) is 0 Å². The first-order valence-electron chi connectivity index (χ1n) is 22.4. The highest BCUT2D eigenvalue weighted by atomic mass is 16.5. The molecule has 0 radical (unpaired) electrons. The van der Waals surface area contributed by atoms with Gasteiger partial charge in [0.05, 0.1) is 13.2 Å². The van der Waals surface area contributed by atoms with E-state index in [0.717, 1.165) is 53.0 Å². The molecule has 6 aromatic rings. The van der Waals surface area contributed by atoms with Crippen molar-refractivity contribution >= 4 is 34.1 Å². The number of unbranched alkanes of at least 4 members (excludes halogenated alkanes) is 2. The molecule has 0 saturated heterocycles. The van der Waals surface area contributed by atoms with E-state index in [2.05, 4.69) is 189 Å². The second-order valence-electron chi connectivity index (χ2n) is 16.2. The van der Waals surface area contributed by atoms with Gasteiger partial charge in [-0.2, -0.15) is 0 Å². The van der Waals surface area contributed by atoms with Gasteiger partial charge in [0, 0.05) is 40.7 Å². The molecule has 0 aromatic heterocycles. The summed E-state index contributed by atoms with van der Waals surface area (Å²) in [4.78, 5) is 4.71. The number of hydrogen-bond donors (Lipinski definition) is 1. The van der Waals surface area contributed by atoms with Crippen molar-refractivity contribution in [3.8, 4) is 11.1 Å². The number of ether oxygens (including phenoxy) is 1. The number of benzene rings is 6. The fraction of sp³-hybridized carbons (Fsp3) is 0.345. The number of rotatable bonds is 23. The Morgan fingerprint density at radius 3 is 1.15 bits per heavy atom. The normalized spacial score (nSPS) is 12.3. The van der Waals surface area contributed by atoms with Crippen molar-refractivity contribution in [2.75, 3.05) is 23.0 Å². The minimum absolute atomic E-state index is 0.527. The first-order chi connectivity index (χ1) is 29.0. The van der Waals surface area contributed by atoms with Crippen LogP contribution in [0.15, 0.2) is 152 Å². The molecule has 0 amide bonds. The summed E-state index contributed by atoms with van der Waals surface area (Å²) >= 11 is 0. The lowest BCUT2D eigenvalue weighted by Crippen LogP contribution is -2.11. The van der Waals surface area contributed by atoms with E-state index in [1.54, 1.807) is 0 Å². The van der Waals surface area contributed by atoms with Crippen LogP contribution in [0.3, 0.4) is 0 Å². The van der Waals surface area contributed by atoms with Crippen molar-refractivity contribution in [1.82, 2.24) is 0 Å². The molecule has 308 valence electrons. The molecule has 0 heterocycles. The standard InChI is InChI=1S/C55H67N3O/c1-5-9-14-43(7-3)40-45-18-28-51(29-19-45)58(52-30-20-46(21-31-52)41-44(8-4)15-10-6-2)55-36-26-49(27-37-55)48-24-34-54(35-25-48)57(50-16-12-11-13-17-50)53-32-22-47(23-33-53)42-59-39-38-56/h11-13,16-37,43-44H,5-10,14-15,38-42,56H2,1-4H3. The van der Waals surface area contributed by atoms with Crippen molar-refractivity contribution in [2.24, 2.45) is 17.6 Å². The maximum atomic E-state index is 5.68. The summed E-state index contributed by atoms with van der Waals surface area (Å²) in [5, 5.41) is 0. The summed E-state index contributed by atoms with van der Waals surface area (Å²) in [6.07, 6.45) is 12.5. The predicted octanol–water partition coefficient (Wildman–Crippen LogP) is 15.3. The number of anilines is 6. The van der Waals surface area contributed by atoms with Gasteiger partial charge >= 0.3 is 0 Å². The third kappa shape index (κ3) is 12.2. The SMILES string of the molecule is CCCCC(CC)Cc1ccc(N(c2ccc(CC(CC)CCCC)cc2)c2ccc(-c3ccc(N(c4ccccc4)c4ccc(COCCN)cc4)cc3)cc2)cc1. The zero-order valence-electron chi connectivity index (χ0n) is 36.2. The molecule has 4 heteroatoms. The summed E-state index contributed by atoms with van der Waals surface area (Å²) in [6, 6.07) is 55.8. The molecule has 0 fully saturated rings. The number of nitrogens with two attached hydrogens (primary N) is 1. The van der Waals surface area contributed by atoms with E-state index in [1.807, 2.05) is 0 Å². The van der Waals surface area contributed by atoms with Gasteiger partial charge in [0.15, 0.2) is 0 Å². The van der Waals surface area contributed by atoms with Crippen molar-refractivity contribution < 1.29 is 4.74 Å². The van der Waals surface area contributed by atoms with E-state index in [0.29, 0.717) is 19.8 Å². The van der Waals surface area contributed by atoms with Gasteiger partial charge in [-0.05, 0) is 125 Å². The minimum Gasteiger partial charge on any atom is -0.375 e. The van der Waals surface area contributed by atoms with Crippen molar-refractivity contribution in [3.05, 3.63) is 168 Å². The van der Waals surface area contributed by atoms with Crippen molar-refractivity contribution in [2.45, 2.75) is 98.5 Å². The van der Waals surface area contributed by atoms with Gasteiger partial charge in [0.1, 0.15) is 0 Å². The van der Waals surface area contributed by atoms with Crippen LogP contribution in [0.4, 0.5) is 34.1 Å². The lowest BCUT2D eigenvalue weighted by atomic mass is 9.91. The second-order valence-corrected chi connectivity index (χ2v) is 16.2. The maximum absolute atomic E-state index is 5.68. The highest BCUT2D eigenvalue weighted by molar-refractivity contribution is 5.80. The molecule has 0 saturated carbocycles. The van der Waals surface area contributed by atoms with Crippen LogP contribution < -0.4 is 15.5 Å². The maximum Gasteiger partial charge on any atom is 0.0717 e. The Bertz CT molecular complexity index is 2000. The van der Waals surface area contributed by atoms with Gasteiger partial charge < -0.3 is 20.3 Å². The molecule has 0 spiro atoms. The Balaban J connectivity index is 1.25. The molecule has 0 aliphatic heterocycles. The molecule has 4 nitrogen and oxygen atoms in total. The Hall–Kier alpha value is -5.16. The predicted molar refractivity (Wildman–Crippen MR) is 254 cm³/mol. The van der Waals surface area contributed by atoms with Crippen molar-refractivity contribution in [3.63, 3.8) is 0 Å². The molecule has 6 rings (SSSR count). The van der Waals surface area contributed by atoms with Gasteiger partial charge in [-0.15, -0.1) is 0 Å². The Morgan fingerprint density at radius 2 is 0.797 bits per heavy atom. The third-order valence-electron chi connectivity index (χ3n) is 11.8. The average Bonchev–Trinajstić information content (AvgIpc) is 3.29. The Kier molecular flexibility index (Phi) is 16.8. The van der Waals surface area contributed by atoms with E-state index in [1.165, 1.54) is 85.0 Å². The number of para-hydroxylation sites is 1. The van der Waals surface area contributed by atoms with Gasteiger partial charge in [0.25, 0.3) is 0 Å².